The van der Waals surface area contributed by atoms with E-state index in [2.05, 4.69) is 31.9 Å². The smallest absolute Gasteiger partial charge is 0.248 e. The van der Waals surface area contributed by atoms with E-state index in [1.54, 1.807) is 52.0 Å². The number of hydrogen-bond donors (Lipinski definition) is 7. The van der Waals surface area contributed by atoms with E-state index in [4.69, 9.17) is 0 Å². The van der Waals surface area contributed by atoms with Crippen molar-refractivity contribution < 1.29 is 38.7 Å². The molecule has 0 aliphatic carbocycles. The van der Waals surface area contributed by atoms with Crippen LogP contribution in [0.5, 0.6) is 0 Å². The van der Waals surface area contributed by atoms with Crippen LogP contribution in [-0.4, -0.2) is 107 Å². The SMILES string of the molecule is CCC(C)C1NC(=O)CNC(=O)C(Cc2ccccc2)NC(=O)C(C(C)CC)NC(=O)C(C(C)C)NC(=O)C2CCCN2C(=O)C(C(C)O)NC1=O. The fraction of sp³-hybridized carbons (Fsp3) is 0.649. The number of benzene rings is 1. The van der Waals surface area contributed by atoms with Crippen molar-refractivity contribution in [1.29, 1.82) is 0 Å². The third-order valence-electron chi connectivity index (χ3n) is 10.1. The molecule has 1 aromatic carbocycles. The number of aliphatic hydroxyl groups excluding tert-OH is 1. The molecule has 2 aliphatic heterocycles. The van der Waals surface area contributed by atoms with Gasteiger partial charge in [0.2, 0.25) is 41.4 Å². The van der Waals surface area contributed by atoms with Crippen LogP contribution in [0.1, 0.15) is 79.7 Å². The molecule has 2 aliphatic rings. The first kappa shape index (κ1) is 41.9. The van der Waals surface area contributed by atoms with Crippen molar-refractivity contribution in [2.24, 2.45) is 17.8 Å². The molecule has 2 fully saturated rings. The zero-order chi connectivity index (χ0) is 38.7. The molecular formula is C37H57N7O8. The van der Waals surface area contributed by atoms with Gasteiger partial charge in [0, 0.05) is 13.0 Å². The van der Waals surface area contributed by atoms with Crippen molar-refractivity contribution in [2.75, 3.05) is 13.1 Å². The number of nitrogens with one attached hydrogen (secondary N) is 6. The molecule has 3 rings (SSSR count). The number of fused-ring (bicyclic) bond motifs is 1. The molecule has 0 spiro atoms. The van der Waals surface area contributed by atoms with E-state index in [-0.39, 0.29) is 25.3 Å². The van der Waals surface area contributed by atoms with Crippen LogP contribution in [0, 0.1) is 17.8 Å². The summed E-state index contributed by atoms with van der Waals surface area (Å²) in [5, 5.41) is 26.8. The van der Waals surface area contributed by atoms with Gasteiger partial charge in [-0.2, -0.15) is 0 Å². The summed E-state index contributed by atoms with van der Waals surface area (Å²) in [5.74, 6) is -5.77. The van der Waals surface area contributed by atoms with Gasteiger partial charge in [-0.1, -0.05) is 84.7 Å². The minimum absolute atomic E-state index is 0.0798. The number of rotatable bonds is 8. The topological polar surface area (TPSA) is 215 Å². The van der Waals surface area contributed by atoms with E-state index in [0.29, 0.717) is 19.3 Å². The molecule has 0 radical (unpaired) electrons. The van der Waals surface area contributed by atoms with Gasteiger partial charge in [-0.05, 0) is 43.1 Å². The van der Waals surface area contributed by atoms with Crippen molar-refractivity contribution in [3.05, 3.63) is 35.9 Å². The summed E-state index contributed by atoms with van der Waals surface area (Å²) >= 11 is 0. The first-order chi connectivity index (χ1) is 24.6. The quantitative estimate of drug-likeness (QED) is 0.192. The van der Waals surface area contributed by atoms with Gasteiger partial charge in [-0.3, -0.25) is 33.6 Å². The average Bonchev–Trinajstić information content (AvgIpc) is 3.61. The van der Waals surface area contributed by atoms with Gasteiger partial charge in [0.15, 0.2) is 0 Å². The third-order valence-corrected chi connectivity index (χ3v) is 10.1. The highest BCUT2D eigenvalue weighted by atomic mass is 16.3. The van der Waals surface area contributed by atoms with Crippen LogP contribution in [0.15, 0.2) is 30.3 Å². The zero-order valence-electron chi connectivity index (χ0n) is 31.4. The van der Waals surface area contributed by atoms with Crippen molar-refractivity contribution in [1.82, 2.24) is 36.8 Å². The molecule has 0 aromatic heterocycles. The summed E-state index contributed by atoms with van der Waals surface area (Å²) in [6.07, 6.45) is 0.460. The largest absolute Gasteiger partial charge is 0.391 e. The number of carbonyl (C=O) groups is 7. The summed E-state index contributed by atoms with van der Waals surface area (Å²) in [4.78, 5) is 97.1. The molecule has 288 valence electrons. The number of nitrogens with zero attached hydrogens (tertiary/aromatic N) is 1. The molecule has 7 N–H and O–H groups in total. The van der Waals surface area contributed by atoms with Crippen LogP contribution in [-0.2, 0) is 40.0 Å². The van der Waals surface area contributed by atoms with Crippen LogP contribution in [0.3, 0.4) is 0 Å². The first-order valence-corrected chi connectivity index (χ1v) is 18.4. The predicted octanol–water partition coefficient (Wildman–Crippen LogP) is -0.0971. The van der Waals surface area contributed by atoms with Crippen molar-refractivity contribution >= 4 is 41.4 Å². The molecule has 9 atom stereocenters. The lowest BCUT2D eigenvalue weighted by atomic mass is 9.95. The Hall–Kier alpha value is -4.53. The van der Waals surface area contributed by atoms with E-state index in [0.717, 1.165) is 5.56 Å². The normalized spacial score (nSPS) is 27.9. The van der Waals surface area contributed by atoms with E-state index in [9.17, 15) is 38.7 Å². The van der Waals surface area contributed by atoms with Crippen molar-refractivity contribution in [2.45, 2.75) is 123 Å². The maximum absolute atomic E-state index is 13.9. The Bertz CT molecular complexity index is 1440. The molecule has 1 aromatic rings. The van der Waals surface area contributed by atoms with Crippen LogP contribution in [0.4, 0.5) is 0 Å². The average molecular weight is 728 g/mol. The molecular weight excluding hydrogens is 670 g/mol. The van der Waals surface area contributed by atoms with Gasteiger partial charge in [-0.15, -0.1) is 0 Å². The van der Waals surface area contributed by atoms with Crippen LogP contribution in [0.25, 0.3) is 0 Å². The summed E-state index contributed by atoms with van der Waals surface area (Å²) in [6, 6.07) is 2.14. The third kappa shape index (κ3) is 11.0. The van der Waals surface area contributed by atoms with E-state index < -0.39 is 102 Å². The Morgan fingerprint density at radius 3 is 1.81 bits per heavy atom. The second kappa shape index (κ2) is 19.3. The number of aliphatic hydroxyl groups is 1. The van der Waals surface area contributed by atoms with E-state index in [1.807, 2.05) is 19.9 Å². The Morgan fingerprint density at radius 2 is 1.23 bits per heavy atom. The Kier molecular flexibility index (Phi) is 15.6. The van der Waals surface area contributed by atoms with Gasteiger partial charge in [0.1, 0.15) is 36.3 Å². The Morgan fingerprint density at radius 1 is 0.692 bits per heavy atom. The van der Waals surface area contributed by atoms with E-state index >= 15 is 0 Å². The van der Waals surface area contributed by atoms with Gasteiger partial charge in [0.25, 0.3) is 0 Å². The Balaban J connectivity index is 2.06. The second-order valence-electron chi connectivity index (χ2n) is 14.4. The predicted molar refractivity (Wildman–Crippen MR) is 193 cm³/mol. The van der Waals surface area contributed by atoms with Crippen molar-refractivity contribution in [3.8, 4) is 0 Å². The molecule has 15 heteroatoms. The number of hydrogen-bond acceptors (Lipinski definition) is 8. The molecule has 15 nitrogen and oxygen atoms in total. The second-order valence-corrected chi connectivity index (χ2v) is 14.4. The number of carbonyl (C=O) groups excluding carboxylic acids is 7. The Labute approximate surface area is 306 Å². The molecule has 2 saturated heterocycles. The molecule has 7 amide bonds. The molecule has 52 heavy (non-hydrogen) atoms. The summed E-state index contributed by atoms with van der Waals surface area (Å²) in [6.45, 7) is 11.7. The van der Waals surface area contributed by atoms with Crippen molar-refractivity contribution in [3.63, 3.8) is 0 Å². The lowest BCUT2D eigenvalue weighted by Crippen LogP contribution is -2.62. The highest BCUT2D eigenvalue weighted by Crippen LogP contribution is 2.21. The minimum atomic E-state index is -1.44. The van der Waals surface area contributed by atoms with Gasteiger partial charge in [-0.25, -0.2) is 0 Å². The van der Waals surface area contributed by atoms with Crippen LogP contribution in [0.2, 0.25) is 0 Å². The van der Waals surface area contributed by atoms with Gasteiger partial charge in [0.05, 0.1) is 12.6 Å². The minimum Gasteiger partial charge on any atom is -0.391 e. The molecule has 2 heterocycles. The molecule has 9 unspecified atom stereocenters. The highest BCUT2D eigenvalue weighted by Gasteiger charge is 2.42. The van der Waals surface area contributed by atoms with Crippen LogP contribution < -0.4 is 31.9 Å². The zero-order valence-corrected chi connectivity index (χ0v) is 31.4. The monoisotopic (exact) mass is 727 g/mol. The summed E-state index contributed by atoms with van der Waals surface area (Å²) < 4.78 is 0. The van der Waals surface area contributed by atoms with E-state index in [1.165, 1.54) is 11.8 Å². The number of amides is 7. The summed E-state index contributed by atoms with van der Waals surface area (Å²) in [5.41, 5.74) is 0.737. The van der Waals surface area contributed by atoms with Crippen LogP contribution >= 0.6 is 0 Å². The lowest BCUT2D eigenvalue weighted by molar-refractivity contribution is -0.145. The highest BCUT2D eigenvalue weighted by molar-refractivity contribution is 5.98. The molecule has 0 saturated carbocycles. The maximum atomic E-state index is 13.9. The van der Waals surface area contributed by atoms with Gasteiger partial charge < -0.3 is 41.9 Å². The fourth-order valence-corrected chi connectivity index (χ4v) is 6.38. The maximum Gasteiger partial charge on any atom is 0.248 e. The fourth-order valence-electron chi connectivity index (χ4n) is 6.38. The lowest BCUT2D eigenvalue weighted by Gasteiger charge is -2.33. The standard InChI is InChI=1S/C37H57N7O8/c1-8-21(5)29-36(51)43-31(23(7)45)37(52)44-17-13-16-26(44)33(48)41-28(20(3)4)34(49)42-30(22(6)9-2)35(50)39-25(18-24-14-11-10-12-15-24)32(47)38-19-27(46)40-29/h10-12,14-15,20-23,25-26,28-31,45H,8-9,13,16-19H2,1-7H3,(H,38,47)(H,39,50)(H,40,46)(H,41,48)(H,42,49)(H,43,51). The first-order valence-electron chi connectivity index (χ1n) is 18.4. The van der Waals surface area contributed by atoms with Gasteiger partial charge >= 0.3 is 0 Å². The summed E-state index contributed by atoms with van der Waals surface area (Å²) in [7, 11) is 0. The molecule has 0 bridgehead atoms.